The van der Waals surface area contributed by atoms with Gasteiger partial charge >= 0.3 is 5.97 Å². The highest BCUT2D eigenvalue weighted by Crippen LogP contribution is 2.30. The summed E-state index contributed by atoms with van der Waals surface area (Å²) in [6, 6.07) is 19.2. The van der Waals surface area contributed by atoms with Gasteiger partial charge in [0.25, 0.3) is 5.91 Å². The van der Waals surface area contributed by atoms with E-state index in [0.29, 0.717) is 28.2 Å². The van der Waals surface area contributed by atoms with Gasteiger partial charge in [-0.3, -0.25) is 9.78 Å². The number of carbonyl (C=O) groups is 2. The van der Waals surface area contributed by atoms with Crippen LogP contribution < -0.4 is 19.6 Å². The van der Waals surface area contributed by atoms with E-state index in [-0.39, 0.29) is 5.75 Å². The average Bonchev–Trinajstić information content (AvgIpc) is 2.89. The van der Waals surface area contributed by atoms with Gasteiger partial charge < -0.3 is 14.2 Å². The van der Waals surface area contributed by atoms with E-state index >= 15 is 0 Å². The summed E-state index contributed by atoms with van der Waals surface area (Å²) < 4.78 is 16.2. The molecule has 0 saturated carbocycles. The third-order valence-corrected chi connectivity index (χ3v) is 5.04. The SMILES string of the molecule is COc1ccc(C(=O)Oc2ccc3ccccc3c2/C=N/NC(=O)c2cccnc2)cc1OC. The van der Waals surface area contributed by atoms with Gasteiger partial charge in [-0.2, -0.15) is 5.10 Å². The second-order valence-corrected chi connectivity index (χ2v) is 7.10. The van der Waals surface area contributed by atoms with E-state index in [1.54, 1.807) is 42.6 Å². The Morgan fingerprint density at radius 1 is 0.882 bits per heavy atom. The van der Waals surface area contributed by atoms with Crippen LogP contribution in [0.5, 0.6) is 17.2 Å². The van der Waals surface area contributed by atoms with Crippen LogP contribution in [0.15, 0.2) is 84.2 Å². The first-order valence-electron chi connectivity index (χ1n) is 10.3. The Labute approximate surface area is 195 Å². The maximum atomic E-state index is 12.9. The lowest BCUT2D eigenvalue weighted by Gasteiger charge is -2.12. The number of esters is 1. The molecule has 0 aliphatic heterocycles. The summed E-state index contributed by atoms with van der Waals surface area (Å²) in [5, 5.41) is 5.81. The van der Waals surface area contributed by atoms with Crippen molar-refractivity contribution in [1.82, 2.24) is 10.4 Å². The van der Waals surface area contributed by atoms with Crippen LogP contribution in [-0.4, -0.2) is 37.3 Å². The molecule has 0 radical (unpaired) electrons. The molecule has 170 valence electrons. The molecule has 8 heteroatoms. The summed E-state index contributed by atoms with van der Waals surface area (Å²) >= 11 is 0. The molecule has 0 bridgehead atoms. The first-order chi connectivity index (χ1) is 16.6. The Bertz CT molecular complexity index is 1370. The van der Waals surface area contributed by atoms with Crippen molar-refractivity contribution in [3.63, 3.8) is 0 Å². The topological polar surface area (TPSA) is 99.1 Å². The Morgan fingerprint density at radius 3 is 2.44 bits per heavy atom. The molecule has 0 aliphatic rings. The summed E-state index contributed by atoms with van der Waals surface area (Å²) in [6.07, 6.45) is 4.47. The van der Waals surface area contributed by atoms with Crippen LogP contribution in [0.1, 0.15) is 26.3 Å². The van der Waals surface area contributed by atoms with Crippen LogP contribution in [-0.2, 0) is 0 Å². The highest BCUT2D eigenvalue weighted by Gasteiger charge is 2.16. The average molecular weight is 455 g/mol. The number of nitrogens with one attached hydrogen (secondary N) is 1. The Kier molecular flexibility index (Phi) is 6.78. The zero-order valence-corrected chi connectivity index (χ0v) is 18.5. The van der Waals surface area contributed by atoms with Crippen LogP contribution in [0.2, 0.25) is 0 Å². The van der Waals surface area contributed by atoms with Crippen molar-refractivity contribution in [2.75, 3.05) is 14.2 Å². The minimum absolute atomic E-state index is 0.290. The summed E-state index contributed by atoms with van der Waals surface area (Å²) in [7, 11) is 3.01. The van der Waals surface area contributed by atoms with Gasteiger partial charge in [-0.1, -0.05) is 30.3 Å². The maximum Gasteiger partial charge on any atom is 0.343 e. The van der Waals surface area contributed by atoms with Gasteiger partial charge in [0, 0.05) is 18.0 Å². The molecule has 34 heavy (non-hydrogen) atoms. The molecule has 0 fully saturated rings. The summed E-state index contributed by atoms with van der Waals surface area (Å²) in [5.74, 6) is 0.217. The van der Waals surface area contributed by atoms with Crippen LogP contribution in [0.4, 0.5) is 0 Å². The molecule has 3 aromatic carbocycles. The Hall–Kier alpha value is -4.72. The van der Waals surface area contributed by atoms with Crippen molar-refractivity contribution in [2.24, 2.45) is 5.10 Å². The lowest BCUT2D eigenvalue weighted by atomic mass is 10.0. The summed E-state index contributed by atoms with van der Waals surface area (Å²) in [6.45, 7) is 0. The quantitative estimate of drug-likeness (QED) is 0.194. The Morgan fingerprint density at radius 2 is 1.68 bits per heavy atom. The van der Waals surface area contributed by atoms with E-state index in [1.165, 1.54) is 26.6 Å². The van der Waals surface area contributed by atoms with Gasteiger partial charge in [0.2, 0.25) is 0 Å². The van der Waals surface area contributed by atoms with Gasteiger partial charge in [-0.05, 0) is 47.2 Å². The van der Waals surface area contributed by atoms with Crippen LogP contribution >= 0.6 is 0 Å². The fraction of sp³-hybridized carbons (Fsp3) is 0.0769. The second-order valence-electron chi connectivity index (χ2n) is 7.10. The highest BCUT2D eigenvalue weighted by molar-refractivity contribution is 6.04. The number of hydrazone groups is 1. The number of methoxy groups -OCH3 is 2. The highest BCUT2D eigenvalue weighted by atomic mass is 16.5. The number of ether oxygens (including phenoxy) is 3. The fourth-order valence-electron chi connectivity index (χ4n) is 3.34. The summed E-state index contributed by atoms with van der Waals surface area (Å²) in [5.41, 5.74) is 3.68. The molecule has 1 amide bonds. The van der Waals surface area contributed by atoms with E-state index in [0.717, 1.165) is 10.8 Å². The molecule has 4 rings (SSSR count). The van der Waals surface area contributed by atoms with Crippen LogP contribution in [0.25, 0.3) is 10.8 Å². The lowest BCUT2D eigenvalue weighted by Crippen LogP contribution is -2.18. The van der Waals surface area contributed by atoms with Crippen molar-refractivity contribution < 1.29 is 23.8 Å². The van der Waals surface area contributed by atoms with E-state index in [1.807, 2.05) is 30.3 Å². The van der Waals surface area contributed by atoms with Gasteiger partial charge in [0.1, 0.15) is 5.75 Å². The number of aromatic nitrogens is 1. The van der Waals surface area contributed by atoms with Crippen LogP contribution in [0.3, 0.4) is 0 Å². The van der Waals surface area contributed by atoms with Gasteiger partial charge in [-0.15, -0.1) is 0 Å². The number of hydrogen-bond acceptors (Lipinski definition) is 7. The van der Waals surface area contributed by atoms with Crippen molar-refractivity contribution in [3.05, 3.63) is 95.8 Å². The van der Waals surface area contributed by atoms with E-state index in [4.69, 9.17) is 14.2 Å². The molecule has 0 saturated heterocycles. The summed E-state index contributed by atoms with van der Waals surface area (Å²) in [4.78, 5) is 29.1. The molecule has 0 aliphatic carbocycles. The standard InChI is InChI=1S/C26H21N3O5/c1-32-23-12-10-18(14-24(23)33-2)26(31)34-22-11-9-17-6-3-4-8-20(17)21(22)16-28-29-25(30)19-7-5-13-27-15-19/h3-16H,1-2H3,(H,29,30)/b28-16+. The fourth-order valence-corrected chi connectivity index (χ4v) is 3.34. The predicted molar refractivity (Wildman–Crippen MR) is 128 cm³/mol. The third kappa shape index (κ3) is 4.86. The van der Waals surface area contributed by atoms with E-state index in [2.05, 4.69) is 15.5 Å². The molecule has 8 nitrogen and oxygen atoms in total. The predicted octanol–water partition coefficient (Wildman–Crippen LogP) is 4.24. The molecular weight excluding hydrogens is 434 g/mol. The molecular formula is C26H21N3O5. The monoisotopic (exact) mass is 455 g/mol. The first-order valence-corrected chi connectivity index (χ1v) is 10.3. The van der Waals surface area contributed by atoms with E-state index < -0.39 is 11.9 Å². The van der Waals surface area contributed by atoms with Gasteiger partial charge in [0.05, 0.1) is 31.6 Å². The number of carbonyl (C=O) groups excluding carboxylic acids is 2. The largest absolute Gasteiger partial charge is 0.493 e. The third-order valence-electron chi connectivity index (χ3n) is 5.04. The molecule has 1 aromatic heterocycles. The number of hydrogen-bond donors (Lipinski definition) is 1. The molecule has 1 N–H and O–H groups in total. The zero-order valence-electron chi connectivity index (χ0n) is 18.5. The molecule has 0 spiro atoms. The lowest BCUT2D eigenvalue weighted by molar-refractivity contribution is 0.0734. The second kappa shape index (κ2) is 10.3. The number of fused-ring (bicyclic) bond motifs is 1. The van der Waals surface area contributed by atoms with Crippen molar-refractivity contribution in [3.8, 4) is 17.2 Å². The van der Waals surface area contributed by atoms with Crippen molar-refractivity contribution >= 4 is 28.9 Å². The maximum absolute atomic E-state index is 12.9. The molecule has 0 unspecified atom stereocenters. The minimum atomic E-state index is -0.578. The molecule has 4 aromatic rings. The number of pyridine rings is 1. The Balaban J connectivity index is 1.63. The normalized spacial score (nSPS) is 10.8. The number of amides is 1. The van der Waals surface area contributed by atoms with Crippen LogP contribution in [0, 0.1) is 0 Å². The smallest absolute Gasteiger partial charge is 0.343 e. The molecule has 0 atom stereocenters. The van der Waals surface area contributed by atoms with E-state index in [9.17, 15) is 9.59 Å². The van der Waals surface area contributed by atoms with Crippen molar-refractivity contribution in [2.45, 2.75) is 0 Å². The van der Waals surface area contributed by atoms with Gasteiger partial charge in [-0.25, -0.2) is 10.2 Å². The number of rotatable bonds is 7. The van der Waals surface area contributed by atoms with Crippen molar-refractivity contribution in [1.29, 1.82) is 0 Å². The molecule has 1 heterocycles. The zero-order chi connectivity index (χ0) is 23.9. The first kappa shape index (κ1) is 22.5. The minimum Gasteiger partial charge on any atom is -0.493 e. The van der Waals surface area contributed by atoms with Gasteiger partial charge in [0.15, 0.2) is 11.5 Å². The number of nitrogens with zero attached hydrogens (tertiary/aromatic N) is 2. The number of benzene rings is 3.